The fraction of sp³-hybridized carbons (Fsp3) is 0.182. The Kier molecular flexibility index (Phi) is 2.32. The highest BCUT2D eigenvalue weighted by molar-refractivity contribution is 9.10. The van der Waals surface area contributed by atoms with E-state index in [1.807, 2.05) is 6.07 Å². The number of fused-ring (bicyclic) bond motifs is 1. The Balaban J connectivity index is 2.66. The van der Waals surface area contributed by atoms with Gasteiger partial charge in [-0.05, 0) is 46.1 Å². The Bertz CT molecular complexity index is 437. The van der Waals surface area contributed by atoms with Crippen molar-refractivity contribution >= 4 is 26.8 Å². The molecule has 0 amide bonds. The number of halogens is 1. The zero-order valence-corrected chi connectivity index (χ0v) is 9.01. The van der Waals surface area contributed by atoms with Gasteiger partial charge >= 0.3 is 0 Å². The maximum atomic E-state index is 4.37. The summed E-state index contributed by atoms with van der Waals surface area (Å²) in [6, 6.07) is 10.4. The molecule has 0 saturated carbocycles. The summed E-state index contributed by atoms with van der Waals surface area (Å²) in [7, 11) is 0. The summed E-state index contributed by atoms with van der Waals surface area (Å²) >= 11 is 3.36. The first kappa shape index (κ1) is 8.70. The van der Waals surface area contributed by atoms with E-state index in [4.69, 9.17) is 0 Å². The topological polar surface area (TPSA) is 12.9 Å². The second-order valence-electron chi connectivity index (χ2n) is 3.01. The van der Waals surface area contributed by atoms with E-state index < -0.39 is 0 Å². The summed E-state index contributed by atoms with van der Waals surface area (Å²) in [4.78, 5) is 4.37. The van der Waals surface area contributed by atoms with E-state index in [0.29, 0.717) is 0 Å². The zero-order chi connectivity index (χ0) is 9.26. The molecule has 1 aromatic heterocycles. The minimum atomic E-state index is 0.893. The molecule has 0 aliphatic heterocycles. The molecule has 66 valence electrons. The van der Waals surface area contributed by atoms with Gasteiger partial charge in [-0.3, -0.25) is 0 Å². The van der Waals surface area contributed by atoms with Crippen molar-refractivity contribution < 1.29 is 0 Å². The van der Waals surface area contributed by atoms with Gasteiger partial charge in [0.1, 0.15) is 4.60 Å². The van der Waals surface area contributed by atoms with E-state index >= 15 is 0 Å². The van der Waals surface area contributed by atoms with Gasteiger partial charge in [-0.25, -0.2) is 4.98 Å². The lowest BCUT2D eigenvalue weighted by Gasteiger charge is -2.00. The monoisotopic (exact) mass is 235 g/mol. The van der Waals surface area contributed by atoms with Crippen molar-refractivity contribution in [3.63, 3.8) is 0 Å². The number of rotatable bonds is 1. The molecule has 1 nitrogen and oxygen atoms in total. The van der Waals surface area contributed by atoms with E-state index in [9.17, 15) is 0 Å². The highest BCUT2D eigenvalue weighted by Gasteiger charge is 1.96. The van der Waals surface area contributed by atoms with Crippen LogP contribution in [0.3, 0.4) is 0 Å². The van der Waals surface area contributed by atoms with Crippen molar-refractivity contribution in [1.29, 1.82) is 0 Å². The molecular weight excluding hydrogens is 226 g/mol. The molecule has 2 rings (SSSR count). The van der Waals surface area contributed by atoms with Gasteiger partial charge in [-0.15, -0.1) is 0 Å². The third kappa shape index (κ3) is 1.73. The summed E-state index contributed by atoms with van der Waals surface area (Å²) in [5.41, 5.74) is 2.41. The standard InChI is InChI=1S/C11H10BrN/c1-2-8-3-5-10-9(7-8)4-6-11(12)13-10/h3-7H,2H2,1H3. The third-order valence-electron chi connectivity index (χ3n) is 2.13. The molecule has 1 heterocycles. The van der Waals surface area contributed by atoms with Crippen LogP contribution >= 0.6 is 15.9 Å². The quantitative estimate of drug-likeness (QED) is 0.690. The molecular formula is C11H10BrN. The van der Waals surface area contributed by atoms with Crippen molar-refractivity contribution in [3.8, 4) is 0 Å². The van der Waals surface area contributed by atoms with Crippen molar-refractivity contribution in [3.05, 3.63) is 40.5 Å². The Hall–Kier alpha value is -0.890. The predicted octanol–water partition coefficient (Wildman–Crippen LogP) is 3.56. The number of hydrogen-bond acceptors (Lipinski definition) is 1. The van der Waals surface area contributed by atoms with Gasteiger partial charge in [0.15, 0.2) is 0 Å². The molecule has 0 saturated heterocycles. The van der Waals surface area contributed by atoms with Crippen LogP contribution in [-0.4, -0.2) is 4.98 Å². The summed E-state index contributed by atoms with van der Waals surface area (Å²) in [5.74, 6) is 0. The molecule has 0 spiro atoms. The van der Waals surface area contributed by atoms with Crippen LogP contribution in [0.2, 0.25) is 0 Å². The van der Waals surface area contributed by atoms with E-state index in [2.05, 4.69) is 52.1 Å². The van der Waals surface area contributed by atoms with Crippen LogP contribution in [0.15, 0.2) is 34.9 Å². The van der Waals surface area contributed by atoms with Crippen LogP contribution in [0.1, 0.15) is 12.5 Å². The normalized spacial score (nSPS) is 10.6. The molecule has 2 heteroatoms. The Morgan fingerprint density at radius 1 is 1.23 bits per heavy atom. The maximum absolute atomic E-state index is 4.37. The second kappa shape index (κ2) is 3.46. The van der Waals surface area contributed by atoms with Crippen LogP contribution in [0.5, 0.6) is 0 Å². The molecule has 0 bridgehead atoms. The molecule has 2 aromatic rings. The molecule has 0 unspecified atom stereocenters. The molecule has 13 heavy (non-hydrogen) atoms. The predicted molar refractivity (Wildman–Crippen MR) is 58.8 cm³/mol. The van der Waals surface area contributed by atoms with E-state index in [-0.39, 0.29) is 0 Å². The van der Waals surface area contributed by atoms with Gasteiger partial charge in [0.05, 0.1) is 5.52 Å². The van der Waals surface area contributed by atoms with Crippen molar-refractivity contribution in [2.45, 2.75) is 13.3 Å². The maximum Gasteiger partial charge on any atom is 0.106 e. The van der Waals surface area contributed by atoms with Crippen LogP contribution in [0.4, 0.5) is 0 Å². The van der Waals surface area contributed by atoms with E-state index in [0.717, 1.165) is 16.5 Å². The number of aromatic nitrogens is 1. The van der Waals surface area contributed by atoms with E-state index in [1.165, 1.54) is 10.9 Å². The lowest BCUT2D eigenvalue weighted by molar-refractivity contribution is 1.14. The minimum Gasteiger partial charge on any atom is -0.241 e. The number of aryl methyl sites for hydroxylation is 1. The highest BCUT2D eigenvalue weighted by Crippen LogP contribution is 2.17. The highest BCUT2D eigenvalue weighted by atomic mass is 79.9. The molecule has 0 fully saturated rings. The second-order valence-corrected chi connectivity index (χ2v) is 3.83. The zero-order valence-electron chi connectivity index (χ0n) is 7.42. The summed E-state index contributed by atoms with van der Waals surface area (Å²) in [6.07, 6.45) is 1.08. The van der Waals surface area contributed by atoms with Gasteiger partial charge in [-0.2, -0.15) is 0 Å². The Morgan fingerprint density at radius 3 is 2.85 bits per heavy atom. The number of nitrogens with zero attached hydrogens (tertiary/aromatic N) is 1. The Morgan fingerprint density at radius 2 is 2.08 bits per heavy atom. The van der Waals surface area contributed by atoms with Crippen molar-refractivity contribution in [2.75, 3.05) is 0 Å². The molecule has 0 N–H and O–H groups in total. The van der Waals surface area contributed by atoms with Crippen LogP contribution in [0.25, 0.3) is 10.9 Å². The Labute approximate surface area is 85.9 Å². The van der Waals surface area contributed by atoms with Crippen molar-refractivity contribution in [1.82, 2.24) is 4.98 Å². The fourth-order valence-corrected chi connectivity index (χ4v) is 1.69. The van der Waals surface area contributed by atoms with Crippen molar-refractivity contribution in [2.24, 2.45) is 0 Å². The van der Waals surface area contributed by atoms with Crippen LogP contribution < -0.4 is 0 Å². The molecule has 0 atom stereocenters. The summed E-state index contributed by atoms with van der Waals surface area (Å²) < 4.78 is 0.893. The fourth-order valence-electron chi connectivity index (χ4n) is 1.37. The van der Waals surface area contributed by atoms with Crippen LogP contribution in [-0.2, 0) is 6.42 Å². The lowest BCUT2D eigenvalue weighted by Crippen LogP contribution is -1.83. The smallest absolute Gasteiger partial charge is 0.106 e. The SMILES string of the molecule is CCc1ccc2nc(Br)ccc2c1. The van der Waals surface area contributed by atoms with Gasteiger partial charge < -0.3 is 0 Å². The molecule has 0 aliphatic rings. The first-order valence-corrected chi connectivity index (χ1v) is 5.14. The summed E-state index contributed by atoms with van der Waals surface area (Å²) in [5, 5.41) is 1.21. The van der Waals surface area contributed by atoms with Gasteiger partial charge in [0.2, 0.25) is 0 Å². The number of hydrogen-bond donors (Lipinski definition) is 0. The molecule has 0 aliphatic carbocycles. The lowest BCUT2D eigenvalue weighted by atomic mass is 10.1. The largest absolute Gasteiger partial charge is 0.241 e. The van der Waals surface area contributed by atoms with Gasteiger partial charge in [-0.1, -0.05) is 19.1 Å². The first-order valence-electron chi connectivity index (χ1n) is 4.35. The third-order valence-corrected chi connectivity index (χ3v) is 2.57. The molecule has 1 aromatic carbocycles. The van der Waals surface area contributed by atoms with Gasteiger partial charge in [0.25, 0.3) is 0 Å². The van der Waals surface area contributed by atoms with E-state index in [1.54, 1.807) is 0 Å². The number of pyridine rings is 1. The van der Waals surface area contributed by atoms with Crippen LogP contribution in [0, 0.1) is 0 Å². The summed E-state index contributed by atoms with van der Waals surface area (Å²) in [6.45, 7) is 2.16. The average molecular weight is 236 g/mol. The minimum absolute atomic E-state index is 0.893. The van der Waals surface area contributed by atoms with Gasteiger partial charge in [0, 0.05) is 5.39 Å². The number of benzene rings is 1. The first-order chi connectivity index (χ1) is 6.29. The molecule has 0 radical (unpaired) electrons. The average Bonchev–Trinajstić information content (AvgIpc) is 2.17.